The van der Waals surface area contributed by atoms with Crippen LogP contribution in [0, 0.1) is 0 Å². The molecule has 0 saturated carbocycles. The van der Waals surface area contributed by atoms with Gasteiger partial charge in [-0.2, -0.15) is 0 Å². The quantitative estimate of drug-likeness (QED) is 0.837. The van der Waals surface area contributed by atoms with Crippen LogP contribution in [0.4, 0.5) is 10.6 Å². The molecule has 0 spiro atoms. The van der Waals surface area contributed by atoms with Crippen LogP contribution in [0.2, 0.25) is 0 Å². The van der Waals surface area contributed by atoms with Crippen molar-refractivity contribution in [3.05, 3.63) is 23.9 Å². The summed E-state index contributed by atoms with van der Waals surface area (Å²) in [5, 5.41) is 2.49. The summed E-state index contributed by atoms with van der Waals surface area (Å²) in [6.45, 7) is 7.09. The van der Waals surface area contributed by atoms with E-state index in [1.165, 1.54) is 0 Å². The summed E-state index contributed by atoms with van der Waals surface area (Å²) in [5.41, 5.74) is -0.230. The van der Waals surface area contributed by atoms with Crippen LogP contribution in [0.25, 0.3) is 0 Å². The zero-order valence-corrected chi connectivity index (χ0v) is 11.1. The van der Waals surface area contributed by atoms with Crippen molar-refractivity contribution in [2.45, 2.75) is 39.7 Å². The number of rotatable bonds is 3. The van der Waals surface area contributed by atoms with Gasteiger partial charge in [0.05, 0.1) is 0 Å². The van der Waals surface area contributed by atoms with Crippen LogP contribution < -0.4 is 5.32 Å². The molecule has 1 aromatic rings. The molecule has 1 amide bonds. The van der Waals surface area contributed by atoms with E-state index < -0.39 is 11.7 Å². The Labute approximate surface area is 107 Å². The van der Waals surface area contributed by atoms with E-state index in [1.54, 1.807) is 45.9 Å². The van der Waals surface area contributed by atoms with Gasteiger partial charge in [-0.1, -0.05) is 13.0 Å². The molecule has 5 heteroatoms. The molecule has 0 saturated heterocycles. The summed E-state index contributed by atoms with van der Waals surface area (Å²) in [6.07, 6.45) is -0.209. The Morgan fingerprint density at radius 2 is 2.00 bits per heavy atom. The van der Waals surface area contributed by atoms with E-state index in [0.29, 0.717) is 17.9 Å². The molecule has 1 aromatic heterocycles. The van der Waals surface area contributed by atoms with E-state index in [-0.39, 0.29) is 5.78 Å². The number of Topliss-reactive ketones (excluding diaryl/α,β-unsaturated/α-hetero) is 1. The zero-order chi connectivity index (χ0) is 13.8. The number of carbonyl (C=O) groups excluding carboxylic acids is 2. The molecule has 0 atom stereocenters. The SMILES string of the molecule is CCC(=O)c1cccc(NC(=O)OC(C)(C)C)n1. The molecule has 0 unspecified atom stereocenters. The van der Waals surface area contributed by atoms with E-state index in [2.05, 4.69) is 10.3 Å². The topological polar surface area (TPSA) is 68.3 Å². The van der Waals surface area contributed by atoms with Gasteiger partial charge in [-0.25, -0.2) is 9.78 Å². The number of ether oxygens (including phenoxy) is 1. The smallest absolute Gasteiger partial charge is 0.413 e. The molecule has 0 aliphatic carbocycles. The van der Waals surface area contributed by atoms with Gasteiger partial charge in [0.2, 0.25) is 0 Å². The number of hydrogen-bond donors (Lipinski definition) is 1. The van der Waals surface area contributed by atoms with Gasteiger partial charge in [-0.05, 0) is 32.9 Å². The first-order valence-corrected chi connectivity index (χ1v) is 5.82. The minimum atomic E-state index is -0.587. The van der Waals surface area contributed by atoms with Crippen LogP contribution in [0.3, 0.4) is 0 Å². The van der Waals surface area contributed by atoms with Gasteiger partial charge in [0.1, 0.15) is 17.1 Å². The minimum absolute atomic E-state index is 0.0668. The molecule has 0 fully saturated rings. The van der Waals surface area contributed by atoms with Crippen molar-refractivity contribution < 1.29 is 14.3 Å². The minimum Gasteiger partial charge on any atom is -0.444 e. The first-order valence-electron chi connectivity index (χ1n) is 5.82. The lowest BCUT2D eigenvalue weighted by molar-refractivity contribution is 0.0635. The Morgan fingerprint density at radius 1 is 1.33 bits per heavy atom. The van der Waals surface area contributed by atoms with Gasteiger partial charge in [0.25, 0.3) is 0 Å². The summed E-state index contributed by atoms with van der Waals surface area (Å²) < 4.78 is 5.09. The number of amides is 1. The van der Waals surface area contributed by atoms with Crippen molar-refractivity contribution in [3.63, 3.8) is 0 Å². The number of ketones is 1. The number of nitrogens with one attached hydrogen (secondary N) is 1. The fourth-order valence-corrected chi connectivity index (χ4v) is 1.25. The van der Waals surface area contributed by atoms with Crippen LogP contribution in [0.5, 0.6) is 0 Å². The van der Waals surface area contributed by atoms with Crippen molar-refractivity contribution >= 4 is 17.7 Å². The Morgan fingerprint density at radius 3 is 2.56 bits per heavy atom. The number of nitrogens with zero attached hydrogens (tertiary/aromatic N) is 1. The second kappa shape index (κ2) is 5.62. The summed E-state index contributed by atoms with van der Waals surface area (Å²) in [4.78, 5) is 27.0. The highest BCUT2D eigenvalue weighted by molar-refractivity contribution is 5.94. The number of anilines is 1. The molecule has 0 bridgehead atoms. The van der Waals surface area contributed by atoms with E-state index in [1.807, 2.05) is 0 Å². The van der Waals surface area contributed by atoms with Crippen molar-refractivity contribution in [1.29, 1.82) is 0 Å². The maximum Gasteiger partial charge on any atom is 0.413 e. The summed E-state index contributed by atoms with van der Waals surface area (Å²) in [6, 6.07) is 4.89. The normalized spacial score (nSPS) is 10.9. The third kappa shape index (κ3) is 4.53. The fourth-order valence-electron chi connectivity index (χ4n) is 1.25. The molecule has 5 nitrogen and oxygen atoms in total. The van der Waals surface area contributed by atoms with Crippen LogP contribution >= 0.6 is 0 Å². The van der Waals surface area contributed by atoms with Crippen LogP contribution in [-0.2, 0) is 4.74 Å². The molecule has 0 radical (unpaired) electrons. The predicted molar refractivity (Wildman–Crippen MR) is 68.7 cm³/mol. The Bertz CT molecular complexity index is 450. The molecule has 0 aromatic carbocycles. The van der Waals surface area contributed by atoms with Gasteiger partial charge in [0, 0.05) is 6.42 Å². The van der Waals surface area contributed by atoms with E-state index >= 15 is 0 Å². The van der Waals surface area contributed by atoms with E-state index in [4.69, 9.17) is 4.74 Å². The highest BCUT2D eigenvalue weighted by Crippen LogP contribution is 2.11. The van der Waals surface area contributed by atoms with Gasteiger partial charge < -0.3 is 4.74 Å². The standard InChI is InChI=1S/C13H18N2O3/c1-5-10(16)9-7-6-8-11(14-9)15-12(17)18-13(2,3)4/h6-8H,5H2,1-4H3,(H,14,15,17). The number of aromatic nitrogens is 1. The Kier molecular flexibility index (Phi) is 4.42. The van der Waals surface area contributed by atoms with Gasteiger partial charge in [-0.3, -0.25) is 10.1 Å². The molecule has 1 heterocycles. The Balaban J connectivity index is 2.74. The molecule has 0 aliphatic rings. The molecule has 0 aliphatic heterocycles. The van der Waals surface area contributed by atoms with Crippen molar-refractivity contribution in [3.8, 4) is 0 Å². The van der Waals surface area contributed by atoms with Gasteiger partial charge >= 0.3 is 6.09 Å². The first kappa shape index (κ1) is 14.2. The lowest BCUT2D eigenvalue weighted by Gasteiger charge is -2.19. The van der Waals surface area contributed by atoms with Crippen molar-refractivity contribution in [2.24, 2.45) is 0 Å². The second-order valence-corrected chi connectivity index (χ2v) is 4.81. The third-order valence-corrected chi connectivity index (χ3v) is 1.98. The molecule has 1 N–H and O–H groups in total. The highest BCUT2D eigenvalue weighted by atomic mass is 16.6. The fraction of sp³-hybridized carbons (Fsp3) is 0.462. The molecule has 98 valence electrons. The Hall–Kier alpha value is -1.91. The number of hydrogen-bond acceptors (Lipinski definition) is 4. The summed E-state index contributed by atoms with van der Waals surface area (Å²) >= 11 is 0. The number of carbonyl (C=O) groups is 2. The van der Waals surface area contributed by atoms with Crippen LogP contribution in [0.15, 0.2) is 18.2 Å². The second-order valence-electron chi connectivity index (χ2n) is 4.81. The molecular weight excluding hydrogens is 232 g/mol. The maximum atomic E-state index is 11.5. The number of pyridine rings is 1. The average molecular weight is 250 g/mol. The summed E-state index contributed by atoms with van der Waals surface area (Å²) in [7, 11) is 0. The lowest BCUT2D eigenvalue weighted by atomic mass is 10.2. The van der Waals surface area contributed by atoms with Gasteiger partial charge in [0.15, 0.2) is 5.78 Å². The largest absolute Gasteiger partial charge is 0.444 e. The van der Waals surface area contributed by atoms with Gasteiger partial charge in [-0.15, -0.1) is 0 Å². The monoisotopic (exact) mass is 250 g/mol. The maximum absolute atomic E-state index is 11.5. The van der Waals surface area contributed by atoms with Crippen LogP contribution in [0.1, 0.15) is 44.6 Å². The average Bonchev–Trinajstić information content (AvgIpc) is 2.25. The molecule has 18 heavy (non-hydrogen) atoms. The molecular formula is C13H18N2O3. The predicted octanol–water partition coefficient (Wildman–Crippen LogP) is 3.02. The highest BCUT2D eigenvalue weighted by Gasteiger charge is 2.16. The molecule has 1 rings (SSSR count). The first-order chi connectivity index (χ1) is 8.31. The lowest BCUT2D eigenvalue weighted by Crippen LogP contribution is -2.27. The van der Waals surface area contributed by atoms with Crippen LogP contribution in [-0.4, -0.2) is 22.5 Å². The van der Waals surface area contributed by atoms with E-state index in [0.717, 1.165) is 0 Å². The van der Waals surface area contributed by atoms with E-state index in [9.17, 15) is 9.59 Å². The third-order valence-electron chi connectivity index (χ3n) is 1.98. The summed E-state index contributed by atoms with van der Waals surface area (Å²) in [5.74, 6) is 0.242. The zero-order valence-electron chi connectivity index (χ0n) is 11.1. The van der Waals surface area contributed by atoms with Crippen molar-refractivity contribution in [2.75, 3.05) is 5.32 Å². The van der Waals surface area contributed by atoms with Crippen molar-refractivity contribution in [1.82, 2.24) is 4.98 Å².